The van der Waals surface area contributed by atoms with Gasteiger partial charge in [0.05, 0.1) is 12.2 Å². The lowest BCUT2D eigenvalue weighted by molar-refractivity contribution is 0.0999. The Morgan fingerprint density at radius 1 is 0.926 bits per heavy atom. The fraction of sp³-hybridized carbons (Fsp3) is 0.0455. The van der Waals surface area contributed by atoms with Gasteiger partial charge in [-0.2, -0.15) is 5.10 Å². The standard InChI is InChI=1S/C22H18N4O/c23-22(27)20-9-11-24-14-19(20)15-26-12-10-21(25-26)18-8-4-7-17(13-18)16-5-2-1-3-6-16/h1-14H,15H2,(H2,23,27). The van der Waals surface area contributed by atoms with Gasteiger partial charge in [-0.25, -0.2) is 0 Å². The average Bonchev–Trinajstić information content (AvgIpc) is 3.18. The van der Waals surface area contributed by atoms with E-state index in [9.17, 15) is 4.79 Å². The van der Waals surface area contributed by atoms with E-state index in [-0.39, 0.29) is 0 Å². The Bertz CT molecular complexity index is 1090. The molecule has 0 bridgehead atoms. The van der Waals surface area contributed by atoms with Gasteiger partial charge in [0.2, 0.25) is 5.91 Å². The second-order valence-corrected chi connectivity index (χ2v) is 6.24. The van der Waals surface area contributed by atoms with E-state index in [0.717, 1.165) is 22.4 Å². The van der Waals surface area contributed by atoms with Gasteiger partial charge in [-0.15, -0.1) is 0 Å². The summed E-state index contributed by atoms with van der Waals surface area (Å²) in [6.07, 6.45) is 5.10. The van der Waals surface area contributed by atoms with E-state index in [1.165, 1.54) is 5.56 Å². The molecule has 0 radical (unpaired) electrons. The van der Waals surface area contributed by atoms with Gasteiger partial charge < -0.3 is 5.73 Å². The molecule has 5 heteroatoms. The molecule has 0 atom stereocenters. The van der Waals surface area contributed by atoms with E-state index >= 15 is 0 Å². The molecular weight excluding hydrogens is 336 g/mol. The van der Waals surface area contributed by atoms with Crippen LogP contribution in [0.3, 0.4) is 0 Å². The van der Waals surface area contributed by atoms with Crippen molar-refractivity contribution in [3.63, 3.8) is 0 Å². The molecule has 2 heterocycles. The number of pyridine rings is 1. The first-order chi connectivity index (χ1) is 13.2. The molecule has 1 amide bonds. The highest BCUT2D eigenvalue weighted by Crippen LogP contribution is 2.25. The summed E-state index contributed by atoms with van der Waals surface area (Å²) in [5.41, 5.74) is 10.9. The van der Waals surface area contributed by atoms with Gasteiger partial charge in [-0.3, -0.25) is 14.5 Å². The molecule has 4 aromatic rings. The number of carbonyl (C=O) groups is 1. The number of amides is 1. The maximum atomic E-state index is 11.6. The molecule has 2 aromatic carbocycles. The summed E-state index contributed by atoms with van der Waals surface area (Å²) in [4.78, 5) is 15.7. The first kappa shape index (κ1) is 16.7. The number of aromatic nitrogens is 3. The highest BCUT2D eigenvalue weighted by Gasteiger charge is 2.10. The van der Waals surface area contributed by atoms with Gasteiger partial charge in [0.25, 0.3) is 0 Å². The lowest BCUT2D eigenvalue weighted by Crippen LogP contribution is -2.15. The van der Waals surface area contributed by atoms with Gasteiger partial charge in [-0.05, 0) is 29.3 Å². The molecule has 2 aromatic heterocycles. The molecule has 132 valence electrons. The number of rotatable bonds is 5. The van der Waals surface area contributed by atoms with Crippen LogP contribution in [-0.4, -0.2) is 20.7 Å². The number of benzene rings is 2. The lowest BCUT2D eigenvalue weighted by Gasteiger charge is -2.06. The SMILES string of the molecule is NC(=O)c1ccncc1Cn1ccc(-c2cccc(-c3ccccc3)c2)n1. The van der Waals surface area contributed by atoms with E-state index in [2.05, 4.69) is 34.3 Å². The van der Waals surface area contributed by atoms with E-state index < -0.39 is 5.91 Å². The van der Waals surface area contributed by atoms with Crippen LogP contribution in [-0.2, 0) is 6.54 Å². The minimum Gasteiger partial charge on any atom is -0.366 e. The normalized spacial score (nSPS) is 10.7. The van der Waals surface area contributed by atoms with E-state index in [0.29, 0.717) is 12.1 Å². The van der Waals surface area contributed by atoms with Crippen molar-refractivity contribution in [2.45, 2.75) is 6.54 Å². The summed E-state index contributed by atoms with van der Waals surface area (Å²) in [7, 11) is 0. The van der Waals surface area contributed by atoms with Gasteiger partial charge in [0.15, 0.2) is 0 Å². The molecule has 0 saturated heterocycles. The third kappa shape index (κ3) is 3.62. The van der Waals surface area contributed by atoms with Crippen molar-refractivity contribution in [3.05, 3.63) is 96.4 Å². The molecular formula is C22H18N4O. The summed E-state index contributed by atoms with van der Waals surface area (Å²) in [5, 5.41) is 4.65. The van der Waals surface area contributed by atoms with Gasteiger partial charge in [0.1, 0.15) is 0 Å². The Balaban J connectivity index is 1.61. The Kier molecular flexibility index (Phi) is 4.49. The largest absolute Gasteiger partial charge is 0.366 e. The molecule has 5 nitrogen and oxygen atoms in total. The minimum atomic E-state index is -0.463. The highest BCUT2D eigenvalue weighted by molar-refractivity contribution is 5.94. The Labute approximate surface area is 157 Å². The molecule has 0 aliphatic heterocycles. The number of hydrogen-bond acceptors (Lipinski definition) is 3. The van der Waals surface area contributed by atoms with Crippen molar-refractivity contribution in [3.8, 4) is 22.4 Å². The van der Waals surface area contributed by atoms with Crippen LogP contribution >= 0.6 is 0 Å². The van der Waals surface area contributed by atoms with Gasteiger partial charge >= 0.3 is 0 Å². The van der Waals surface area contributed by atoms with Crippen LogP contribution in [0, 0.1) is 0 Å². The maximum Gasteiger partial charge on any atom is 0.249 e. The minimum absolute atomic E-state index is 0.435. The molecule has 0 aliphatic carbocycles. The van der Waals surface area contributed by atoms with Crippen LogP contribution in [0.1, 0.15) is 15.9 Å². The van der Waals surface area contributed by atoms with Crippen LogP contribution in [0.25, 0.3) is 22.4 Å². The monoisotopic (exact) mass is 354 g/mol. The fourth-order valence-corrected chi connectivity index (χ4v) is 3.06. The Hall–Kier alpha value is -3.73. The van der Waals surface area contributed by atoms with E-state index in [4.69, 9.17) is 5.73 Å². The molecule has 0 aliphatic rings. The van der Waals surface area contributed by atoms with Crippen molar-refractivity contribution < 1.29 is 4.79 Å². The first-order valence-electron chi connectivity index (χ1n) is 8.63. The molecule has 0 unspecified atom stereocenters. The third-order valence-electron chi connectivity index (χ3n) is 4.41. The maximum absolute atomic E-state index is 11.6. The highest BCUT2D eigenvalue weighted by atomic mass is 16.1. The number of carbonyl (C=O) groups excluding carboxylic acids is 1. The Morgan fingerprint density at radius 2 is 1.70 bits per heavy atom. The van der Waals surface area contributed by atoms with Crippen LogP contribution in [0.5, 0.6) is 0 Å². The fourth-order valence-electron chi connectivity index (χ4n) is 3.06. The summed E-state index contributed by atoms with van der Waals surface area (Å²) < 4.78 is 1.79. The zero-order chi connectivity index (χ0) is 18.6. The molecule has 27 heavy (non-hydrogen) atoms. The smallest absolute Gasteiger partial charge is 0.249 e. The predicted molar refractivity (Wildman–Crippen MR) is 105 cm³/mol. The van der Waals surface area contributed by atoms with Crippen molar-refractivity contribution in [2.75, 3.05) is 0 Å². The second kappa shape index (κ2) is 7.25. The van der Waals surface area contributed by atoms with Crippen molar-refractivity contribution >= 4 is 5.91 Å². The Morgan fingerprint density at radius 3 is 2.52 bits per heavy atom. The van der Waals surface area contributed by atoms with Crippen LogP contribution < -0.4 is 5.73 Å². The van der Waals surface area contributed by atoms with Crippen LogP contribution in [0.4, 0.5) is 0 Å². The summed E-state index contributed by atoms with van der Waals surface area (Å²) in [6, 6.07) is 22.1. The zero-order valence-electron chi connectivity index (χ0n) is 14.6. The topological polar surface area (TPSA) is 73.8 Å². The number of hydrogen-bond donors (Lipinski definition) is 1. The molecule has 0 spiro atoms. The quantitative estimate of drug-likeness (QED) is 0.593. The summed E-state index contributed by atoms with van der Waals surface area (Å²) in [5.74, 6) is -0.463. The van der Waals surface area contributed by atoms with Crippen LogP contribution in [0.2, 0.25) is 0 Å². The molecule has 4 rings (SSSR count). The number of primary amides is 1. The molecule has 0 saturated carbocycles. The predicted octanol–water partition coefficient (Wildman–Crippen LogP) is 3.76. The third-order valence-corrected chi connectivity index (χ3v) is 4.41. The van der Waals surface area contributed by atoms with Gasteiger partial charge in [-0.1, -0.05) is 48.5 Å². The first-order valence-corrected chi connectivity index (χ1v) is 8.63. The molecule has 0 fully saturated rings. The van der Waals surface area contributed by atoms with E-state index in [1.807, 2.05) is 42.6 Å². The van der Waals surface area contributed by atoms with Crippen molar-refractivity contribution in [1.82, 2.24) is 14.8 Å². The number of nitrogens with zero attached hydrogens (tertiary/aromatic N) is 3. The summed E-state index contributed by atoms with van der Waals surface area (Å²) in [6.45, 7) is 0.435. The molecule has 2 N–H and O–H groups in total. The average molecular weight is 354 g/mol. The van der Waals surface area contributed by atoms with Crippen LogP contribution in [0.15, 0.2) is 85.3 Å². The summed E-state index contributed by atoms with van der Waals surface area (Å²) >= 11 is 0. The lowest BCUT2D eigenvalue weighted by atomic mass is 10.0. The van der Waals surface area contributed by atoms with E-state index in [1.54, 1.807) is 23.1 Å². The number of nitrogens with two attached hydrogens (primary N) is 1. The second-order valence-electron chi connectivity index (χ2n) is 6.24. The zero-order valence-corrected chi connectivity index (χ0v) is 14.6. The van der Waals surface area contributed by atoms with Gasteiger partial charge in [0, 0.05) is 35.3 Å². The van der Waals surface area contributed by atoms with Crippen molar-refractivity contribution in [2.24, 2.45) is 5.73 Å². The van der Waals surface area contributed by atoms with Crippen molar-refractivity contribution in [1.29, 1.82) is 0 Å².